The first-order valence-corrected chi connectivity index (χ1v) is 13.2. The molecule has 0 aliphatic heterocycles. The van der Waals surface area contributed by atoms with Crippen molar-refractivity contribution in [3.63, 3.8) is 0 Å². The van der Waals surface area contributed by atoms with Crippen molar-refractivity contribution < 1.29 is 9.53 Å². The molecule has 184 valence electrons. The molecule has 2 unspecified atom stereocenters. The van der Waals surface area contributed by atoms with E-state index in [4.69, 9.17) is 9.72 Å². The predicted molar refractivity (Wildman–Crippen MR) is 140 cm³/mol. The summed E-state index contributed by atoms with van der Waals surface area (Å²) >= 11 is 0. The quantitative estimate of drug-likeness (QED) is 0.429. The Morgan fingerprint density at radius 3 is 2.71 bits per heavy atom. The molecule has 4 rings (SSSR count). The molecule has 0 radical (unpaired) electrons. The van der Waals surface area contributed by atoms with Crippen molar-refractivity contribution >= 4 is 22.6 Å². The number of amides is 1. The molecule has 2 heterocycles. The van der Waals surface area contributed by atoms with Crippen LogP contribution in [0.15, 0.2) is 42.1 Å². The van der Waals surface area contributed by atoms with Crippen LogP contribution in [0.2, 0.25) is 0 Å². The number of nitrogens with zero attached hydrogens (tertiary/aromatic N) is 3. The van der Waals surface area contributed by atoms with E-state index in [0.717, 1.165) is 55.1 Å². The van der Waals surface area contributed by atoms with Gasteiger partial charge in [0, 0.05) is 43.6 Å². The monoisotopic (exact) mass is 463 g/mol. The SMILES string of the molecule is CCOC1C=CC(Cc2cc3cc(N(C)C(=O)C(C)CC)cnc3n2CC2CCCCC2)=CC1. The Labute approximate surface area is 204 Å². The van der Waals surface area contributed by atoms with E-state index in [2.05, 4.69) is 41.9 Å². The molecule has 5 heteroatoms. The van der Waals surface area contributed by atoms with Gasteiger partial charge in [0.15, 0.2) is 0 Å². The Bertz CT molecular complexity index is 1050. The van der Waals surface area contributed by atoms with Crippen molar-refractivity contribution in [2.45, 2.75) is 84.8 Å². The molecule has 0 bridgehead atoms. The van der Waals surface area contributed by atoms with Crippen LogP contribution < -0.4 is 4.90 Å². The first-order valence-electron chi connectivity index (χ1n) is 13.2. The van der Waals surface area contributed by atoms with Gasteiger partial charge in [0.2, 0.25) is 5.91 Å². The Hall–Kier alpha value is -2.40. The average molecular weight is 464 g/mol. The maximum Gasteiger partial charge on any atom is 0.229 e. The van der Waals surface area contributed by atoms with E-state index in [1.165, 1.54) is 43.4 Å². The first-order chi connectivity index (χ1) is 16.5. The molecule has 0 aromatic carbocycles. The highest BCUT2D eigenvalue weighted by molar-refractivity contribution is 5.96. The molecule has 2 aliphatic carbocycles. The summed E-state index contributed by atoms with van der Waals surface area (Å²) in [5.74, 6) is 0.877. The van der Waals surface area contributed by atoms with Gasteiger partial charge in [0.05, 0.1) is 18.0 Å². The normalized spacial score (nSPS) is 19.9. The van der Waals surface area contributed by atoms with Crippen molar-refractivity contribution in [2.75, 3.05) is 18.6 Å². The molecule has 2 aliphatic rings. The average Bonchev–Trinajstić information content (AvgIpc) is 3.20. The minimum absolute atomic E-state index is 0.0118. The van der Waals surface area contributed by atoms with Crippen LogP contribution in [0.4, 0.5) is 5.69 Å². The second-order valence-electron chi connectivity index (χ2n) is 10.1. The largest absolute Gasteiger partial charge is 0.374 e. The van der Waals surface area contributed by atoms with Gasteiger partial charge in [-0.25, -0.2) is 4.98 Å². The summed E-state index contributed by atoms with van der Waals surface area (Å²) in [5, 5.41) is 1.12. The summed E-state index contributed by atoms with van der Waals surface area (Å²) < 4.78 is 8.21. The number of ether oxygens (including phenoxy) is 1. The van der Waals surface area contributed by atoms with Crippen LogP contribution in [0, 0.1) is 11.8 Å². The Morgan fingerprint density at radius 2 is 2.03 bits per heavy atom. The third-order valence-electron chi connectivity index (χ3n) is 7.63. The second kappa shape index (κ2) is 11.4. The summed E-state index contributed by atoms with van der Waals surface area (Å²) in [6, 6.07) is 4.43. The highest BCUT2D eigenvalue weighted by atomic mass is 16.5. The number of rotatable bonds is 9. The molecule has 0 N–H and O–H groups in total. The smallest absolute Gasteiger partial charge is 0.229 e. The summed E-state index contributed by atoms with van der Waals surface area (Å²) in [5.41, 5.74) is 4.57. The van der Waals surface area contributed by atoms with Gasteiger partial charge in [-0.2, -0.15) is 0 Å². The van der Waals surface area contributed by atoms with Crippen LogP contribution in [0.3, 0.4) is 0 Å². The summed E-state index contributed by atoms with van der Waals surface area (Å²) in [6.45, 7) is 7.87. The number of fused-ring (bicyclic) bond motifs is 1. The Morgan fingerprint density at radius 1 is 1.24 bits per heavy atom. The van der Waals surface area contributed by atoms with Crippen LogP contribution in [0.25, 0.3) is 11.0 Å². The van der Waals surface area contributed by atoms with Crippen molar-refractivity contribution in [3.8, 4) is 0 Å². The van der Waals surface area contributed by atoms with Gasteiger partial charge in [0.1, 0.15) is 5.65 Å². The molecule has 2 aromatic heterocycles. The van der Waals surface area contributed by atoms with Crippen LogP contribution in [-0.2, 0) is 22.5 Å². The number of anilines is 1. The maximum atomic E-state index is 12.7. The van der Waals surface area contributed by atoms with Crippen LogP contribution >= 0.6 is 0 Å². The van der Waals surface area contributed by atoms with Crippen LogP contribution in [0.1, 0.15) is 71.4 Å². The molecular weight excluding hydrogens is 422 g/mol. The molecule has 5 nitrogen and oxygen atoms in total. The molecule has 1 saturated carbocycles. The fourth-order valence-electron chi connectivity index (χ4n) is 5.31. The number of hydrogen-bond donors (Lipinski definition) is 0. The summed E-state index contributed by atoms with van der Waals surface area (Å²) in [4.78, 5) is 19.4. The minimum atomic E-state index is 0.0118. The standard InChI is InChI=1S/C29H41N3O2/c1-5-21(3)29(33)31(4)26-18-24-17-25(16-22-12-14-27(15-13-22)34-6-2)32(28(24)30-19-26)20-23-10-8-7-9-11-23/h12-14,17-19,21,23,27H,5-11,15-16,20H2,1-4H3. The van der Waals surface area contributed by atoms with Gasteiger partial charge >= 0.3 is 0 Å². The second-order valence-corrected chi connectivity index (χ2v) is 10.1. The van der Waals surface area contributed by atoms with E-state index in [9.17, 15) is 4.79 Å². The van der Waals surface area contributed by atoms with Gasteiger partial charge in [-0.1, -0.05) is 51.3 Å². The van der Waals surface area contributed by atoms with E-state index in [0.29, 0.717) is 0 Å². The van der Waals surface area contributed by atoms with Crippen LogP contribution in [-0.4, -0.2) is 35.2 Å². The lowest BCUT2D eigenvalue weighted by Crippen LogP contribution is -2.31. The van der Waals surface area contributed by atoms with Gasteiger partial charge < -0.3 is 14.2 Å². The Kier molecular flexibility index (Phi) is 8.25. The number of carbonyl (C=O) groups excluding carboxylic acids is 1. The lowest BCUT2D eigenvalue weighted by molar-refractivity contribution is -0.121. The lowest BCUT2D eigenvalue weighted by atomic mass is 9.89. The van der Waals surface area contributed by atoms with Crippen molar-refractivity contribution in [1.29, 1.82) is 0 Å². The highest BCUT2D eigenvalue weighted by Gasteiger charge is 2.21. The van der Waals surface area contributed by atoms with Crippen molar-refractivity contribution in [1.82, 2.24) is 9.55 Å². The topological polar surface area (TPSA) is 47.4 Å². The third-order valence-corrected chi connectivity index (χ3v) is 7.63. The number of allylic oxidation sites excluding steroid dienone is 2. The highest BCUT2D eigenvalue weighted by Crippen LogP contribution is 2.31. The number of aromatic nitrogens is 2. The number of hydrogen-bond acceptors (Lipinski definition) is 3. The van der Waals surface area contributed by atoms with Gasteiger partial charge in [-0.05, 0) is 56.2 Å². The summed E-state index contributed by atoms with van der Waals surface area (Å²) in [6.07, 6.45) is 18.1. The van der Waals surface area contributed by atoms with Crippen LogP contribution in [0.5, 0.6) is 0 Å². The maximum absolute atomic E-state index is 12.7. The fourth-order valence-corrected chi connectivity index (χ4v) is 5.31. The molecular formula is C29H41N3O2. The zero-order chi connectivity index (χ0) is 24.1. The third kappa shape index (κ3) is 5.63. The number of pyridine rings is 1. The molecule has 1 fully saturated rings. The molecule has 0 saturated heterocycles. The van der Waals surface area contributed by atoms with E-state index in [1.807, 2.05) is 27.1 Å². The molecule has 2 aromatic rings. The fraction of sp³-hybridized carbons (Fsp3) is 0.586. The first kappa shape index (κ1) is 24.7. The predicted octanol–water partition coefficient (Wildman–Crippen LogP) is 6.46. The van der Waals surface area contributed by atoms with Gasteiger partial charge in [0.25, 0.3) is 0 Å². The summed E-state index contributed by atoms with van der Waals surface area (Å²) in [7, 11) is 1.86. The van der Waals surface area contributed by atoms with E-state index < -0.39 is 0 Å². The minimum Gasteiger partial charge on any atom is -0.374 e. The van der Waals surface area contributed by atoms with E-state index in [1.54, 1.807) is 4.90 Å². The van der Waals surface area contributed by atoms with E-state index in [-0.39, 0.29) is 17.9 Å². The molecule has 34 heavy (non-hydrogen) atoms. The van der Waals surface area contributed by atoms with Gasteiger partial charge in [-0.15, -0.1) is 0 Å². The lowest BCUT2D eigenvalue weighted by Gasteiger charge is -2.24. The number of carbonyl (C=O) groups is 1. The molecule has 2 atom stereocenters. The zero-order valence-corrected chi connectivity index (χ0v) is 21.4. The molecule has 1 amide bonds. The van der Waals surface area contributed by atoms with Crippen molar-refractivity contribution in [2.24, 2.45) is 11.8 Å². The zero-order valence-electron chi connectivity index (χ0n) is 21.4. The van der Waals surface area contributed by atoms with Crippen molar-refractivity contribution in [3.05, 3.63) is 47.8 Å². The Balaban J connectivity index is 1.63. The molecule has 0 spiro atoms. The van der Waals surface area contributed by atoms with E-state index >= 15 is 0 Å². The van der Waals surface area contributed by atoms with Gasteiger partial charge in [-0.3, -0.25) is 4.79 Å².